The number of fused-ring (bicyclic) bond motifs is 1. The Morgan fingerprint density at radius 2 is 1.83 bits per heavy atom. The molecule has 178 valence electrons. The average molecular weight is 502 g/mol. The van der Waals surface area contributed by atoms with E-state index in [9.17, 15) is 28.1 Å². The van der Waals surface area contributed by atoms with E-state index in [0.29, 0.717) is 10.6 Å². The van der Waals surface area contributed by atoms with Gasteiger partial charge in [0.1, 0.15) is 5.69 Å². The molecule has 9 nitrogen and oxygen atoms in total. The van der Waals surface area contributed by atoms with Gasteiger partial charge in [-0.15, -0.1) is 11.3 Å². The molecule has 5 rings (SSSR count). The zero-order chi connectivity index (χ0) is 24.7. The maximum atomic E-state index is 13.3. The second kappa shape index (κ2) is 8.43. The fourth-order valence-electron chi connectivity index (χ4n) is 3.45. The molecule has 2 aromatic carbocycles. The van der Waals surface area contributed by atoms with Crippen LogP contribution in [0.4, 0.5) is 24.5 Å². The number of thiophene rings is 1. The summed E-state index contributed by atoms with van der Waals surface area (Å²) in [5, 5.41) is 19.3. The number of ether oxygens (including phenoxy) is 2. The first kappa shape index (κ1) is 22.4. The fraction of sp³-hybridized carbons (Fsp3) is 0.0909. The van der Waals surface area contributed by atoms with Crippen LogP contribution in [-0.4, -0.2) is 27.4 Å². The van der Waals surface area contributed by atoms with E-state index in [-0.39, 0.29) is 40.9 Å². The monoisotopic (exact) mass is 502 g/mol. The number of hydrogen-bond acceptors (Lipinski definition) is 7. The van der Waals surface area contributed by atoms with Crippen LogP contribution >= 0.6 is 11.3 Å². The lowest BCUT2D eigenvalue weighted by Crippen LogP contribution is -2.13. The minimum Gasteiger partial charge on any atom is -0.454 e. The van der Waals surface area contributed by atoms with Gasteiger partial charge in [0.15, 0.2) is 17.2 Å². The maximum absolute atomic E-state index is 13.3. The van der Waals surface area contributed by atoms with E-state index < -0.39 is 22.7 Å². The molecule has 0 saturated carbocycles. The summed E-state index contributed by atoms with van der Waals surface area (Å²) in [7, 11) is 0. The zero-order valence-corrected chi connectivity index (χ0v) is 18.2. The number of nitrogens with zero attached hydrogens (tertiary/aromatic N) is 3. The van der Waals surface area contributed by atoms with Gasteiger partial charge in [-0.1, -0.05) is 6.07 Å². The van der Waals surface area contributed by atoms with Crippen molar-refractivity contribution in [2.45, 2.75) is 6.18 Å². The predicted octanol–water partition coefficient (Wildman–Crippen LogP) is 5.51. The van der Waals surface area contributed by atoms with Crippen LogP contribution in [0, 0.1) is 10.1 Å². The molecule has 35 heavy (non-hydrogen) atoms. The third-order valence-corrected chi connectivity index (χ3v) is 5.98. The van der Waals surface area contributed by atoms with Gasteiger partial charge in [0.25, 0.3) is 11.6 Å². The van der Waals surface area contributed by atoms with Crippen LogP contribution < -0.4 is 14.8 Å². The molecule has 0 spiro atoms. The first-order valence-electron chi connectivity index (χ1n) is 9.91. The average Bonchev–Trinajstić information content (AvgIpc) is 3.58. The second-order valence-electron chi connectivity index (χ2n) is 7.28. The van der Waals surface area contributed by atoms with Crippen molar-refractivity contribution in [1.29, 1.82) is 0 Å². The van der Waals surface area contributed by atoms with Crippen LogP contribution in [0.2, 0.25) is 0 Å². The highest BCUT2D eigenvalue weighted by molar-refractivity contribution is 7.13. The van der Waals surface area contributed by atoms with Crippen molar-refractivity contribution < 1.29 is 32.4 Å². The highest BCUT2D eigenvalue weighted by atomic mass is 32.1. The Morgan fingerprint density at radius 1 is 1.11 bits per heavy atom. The molecule has 0 atom stereocenters. The number of nitro benzene ring substituents is 1. The zero-order valence-electron chi connectivity index (χ0n) is 17.4. The second-order valence-corrected chi connectivity index (χ2v) is 8.23. The fourth-order valence-corrected chi connectivity index (χ4v) is 4.17. The molecular weight excluding hydrogens is 489 g/mol. The van der Waals surface area contributed by atoms with Crippen molar-refractivity contribution in [3.63, 3.8) is 0 Å². The van der Waals surface area contributed by atoms with Crippen LogP contribution in [0.25, 0.3) is 16.3 Å². The summed E-state index contributed by atoms with van der Waals surface area (Å²) >= 11 is 1.26. The number of benzene rings is 2. The molecule has 0 radical (unpaired) electrons. The van der Waals surface area contributed by atoms with Crippen LogP contribution in [-0.2, 0) is 6.18 Å². The third-order valence-electron chi connectivity index (χ3n) is 5.08. The van der Waals surface area contributed by atoms with Gasteiger partial charge in [-0.05, 0) is 41.8 Å². The number of nitro groups is 1. The Labute approximate surface area is 198 Å². The van der Waals surface area contributed by atoms with Crippen LogP contribution in [0.5, 0.6) is 11.5 Å². The molecule has 0 saturated heterocycles. The lowest BCUT2D eigenvalue weighted by molar-refractivity contribution is -0.384. The quantitative estimate of drug-likeness (QED) is 0.285. The number of carbonyl (C=O) groups excluding carboxylic acids is 1. The van der Waals surface area contributed by atoms with Crippen LogP contribution in [0.3, 0.4) is 0 Å². The Kier molecular flexibility index (Phi) is 5.40. The van der Waals surface area contributed by atoms with Gasteiger partial charge in [-0.25, -0.2) is 4.68 Å². The van der Waals surface area contributed by atoms with Gasteiger partial charge in [0, 0.05) is 11.6 Å². The molecule has 1 N–H and O–H groups in total. The van der Waals surface area contributed by atoms with E-state index in [1.54, 1.807) is 17.5 Å². The molecule has 0 fully saturated rings. The largest absolute Gasteiger partial charge is 0.454 e. The number of anilines is 1. The van der Waals surface area contributed by atoms with E-state index in [0.717, 1.165) is 16.8 Å². The SMILES string of the molecule is O=C(Nc1cc2c(cc1[N+](=O)[O-])OCO2)c1ccc(-n2nc(C(F)(F)F)cc2-c2cccs2)cc1. The normalized spacial score (nSPS) is 12.5. The number of aromatic nitrogens is 2. The van der Waals surface area contributed by atoms with E-state index in [1.807, 2.05) is 0 Å². The Balaban J connectivity index is 1.44. The first-order valence-corrected chi connectivity index (χ1v) is 10.8. The summed E-state index contributed by atoms with van der Waals surface area (Å²) in [5.41, 5.74) is -0.833. The molecule has 1 aliphatic heterocycles. The van der Waals surface area contributed by atoms with E-state index in [1.165, 1.54) is 41.7 Å². The molecule has 0 bridgehead atoms. The third kappa shape index (κ3) is 4.28. The molecule has 3 heterocycles. The summed E-state index contributed by atoms with van der Waals surface area (Å²) in [4.78, 5) is 24.1. The number of amides is 1. The lowest BCUT2D eigenvalue weighted by atomic mass is 10.1. The molecule has 4 aromatic rings. The van der Waals surface area contributed by atoms with Crippen LogP contribution in [0.15, 0.2) is 60.0 Å². The van der Waals surface area contributed by atoms with Crippen molar-refractivity contribution >= 4 is 28.6 Å². The van der Waals surface area contributed by atoms with Crippen molar-refractivity contribution in [1.82, 2.24) is 9.78 Å². The number of halogens is 3. The number of rotatable bonds is 5. The summed E-state index contributed by atoms with van der Waals surface area (Å²) in [6.45, 7) is -0.0949. The number of carbonyl (C=O) groups is 1. The van der Waals surface area contributed by atoms with Crippen molar-refractivity contribution in [3.8, 4) is 27.8 Å². The molecule has 2 aromatic heterocycles. The van der Waals surface area contributed by atoms with E-state index >= 15 is 0 Å². The predicted molar refractivity (Wildman–Crippen MR) is 119 cm³/mol. The summed E-state index contributed by atoms with van der Waals surface area (Å²) in [6, 6.07) is 12.5. The van der Waals surface area contributed by atoms with Gasteiger partial charge in [-0.2, -0.15) is 18.3 Å². The van der Waals surface area contributed by atoms with E-state index in [2.05, 4.69) is 10.4 Å². The molecular formula is C22H13F3N4O5S. The molecule has 0 unspecified atom stereocenters. The summed E-state index contributed by atoms with van der Waals surface area (Å²) in [6.07, 6.45) is -4.63. The van der Waals surface area contributed by atoms with Crippen molar-refractivity contribution in [2.75, 3.05) is 12.1 Å². The number of hydrogen-bond donors (Lipinski definition) is 1. The summed E-state index contributed by atoms with van der Waals surface area (Å²) in [5.74, 6) is -0.215. The minimum absolute atomic E-state index is 0.0878. The van der Waals surface area contributed by atoms with Crippen molar-refractivity contribution in [2.24, 2.45) is 0 Å². The van der Waals surface area contributed by atoms with Crippen molar-refractivity contribution in [3.05, 3.63) is 81.3 Å². The highest BCUT2D eigenvalue weighted by Gasteiger charge is 2.35. The Hall–Kier alpha value is -4.39. The lowest BCUT2D eigenvalue weighted by Gasteiger charge is -2.09. The van der Waals surface area contributed by atoms with Crippen LogP contribution in [0.1, 0.15) is 16.1 Å². The minimum atomic E-state index is -4.63. The van der Waals surface area contributed by atoms with E-state index in [4.69, 9.17) is 9.47 Å². The highest BCUT2D eigenvalue weighted by Crippen LogP contribution is 2.41. The van der Waals surface area contributed by atoms with Gasteiger partial charge in [0.05, 0.1) is 27.2 Å². The topological polar surface area (TPSA) is 109 Å². The first-order chi connectivity index (χ1) is 16.7. The number of alkyl halides is 3. The van der Waals surface area contributed by atoms with Gasteiger partial charge in [0.2, 0.25) is 6.79 Å². The maximum Gasteiger partial charge on any atom is 0.435 e. The summed E-state index contributed by atoms with van der Waals surface area (Å²) < 4.78 is 51.4. The Bertz CT molecular complexity index is 1430. The van der Waals surface area contributed by atoms with Gasteiger partial charge >= 0.3 is 6.18 Å². The standard InChI is InChI=1S/C22H13F3N4O5S/c23-22(24,25)20-10-16(19-2-1-7-35-19)28(27-20)13-5-3-12(4-6-13)21(30)26-14-8-17-18(34-11-33-17)9-15(14)29(31)32/h1-10H,11H2,(H,26,30). The molecule has 0 aliphatic carbocycles. The number of nitrogens with one attached hydrogen (secondary N) is 1. The van der Waals surface area contributed by atoms with Gasteiger partial charge < -0.3 is 14.8 Å². The molecule has 1 amide bonds. The Morgan fingerprint density at radius 3 is 2.46 bits per heavy atom. The molecule has 13 heteroatoms. The van der Waals surface area contributed by atoms with Gasteiger partial charge in [-0.3, -0.25) is 14.9 Å². The molecule has 1 aliphatic rings. The smallest absolute Gasteiger partial charge is 0.435 e.